The Morgan fingerprint density at radius 1 is 1.16 bits per heavy atom. The zero-order chi connectivity index (χ0) is 21.8. The summed E-state index contributed by atoms with van der Waals surface area (Å²) in [7, 11) is 0. The quantitative estimate of drug-likeness (QED) is 0.474. The molecular formula is C23H23ClN4O2S. The number of piperidine rings is 1. The molecule has 0 aliphatic carbocycles. The Kier molecular flexibility index (Phi) is 6.63. The molecule has 3 aromatic rings. The number of carboxylic acid groups (broad SMARTS) is 1. The minimum Gasteiger partial charge on any atom is -0.481 e. The van der Waals surface area contributed by atoms with E-state index in [9.17, 15) is 9.90 Å². The highest BCUT2D eigenvalue weighted by Crippen LogP contribution is 2.31. The van der Waals surface area contributed by atoms with E-state index < -0.39 is 5.97 Å². The van der Waals surface area contributed by atoms with E-state index in [0.717, 1.165) is 40.6 Å². The molecule has 0 saturated carbocycles. The van der Waals surface area contributed by atoms with Crippen LogP contribution in [0.4, 0.5) is 11.6 Å². The van der Waals surface area contributed by atoms with Gasteiger partial charge in [0.05, 0.1) is 16.6 Å². The number of carbonyl (C=O) groups is 1. The molecular weight excluding hydrogens is 432 g/mol. The smallest absolute Gasteiger partial charge is 0.308 e. The summed E-state index contributed by atoms with van der Waals surface area (Å²) in [5.74, 6) is 0.393. The minimum absolute atomic E-state index is 0.344. The third-order valence-electron chi connectivity index (χ3n) is 5.31. The predicted molar refractivity (Wildman–Crippen MR) is 126 cm³/mol. The van der Waals surface area contributed by atoms with Crippen molar-refractivity contribution in [1.29, 1.82) is 0 Å². The van der Waals surface area contributed by atoms with Gasteiger partial charge in [-0.05, 0) is 49.6 Å². The van der Waals surface area contributed by atoms with Gasteiger partial charge < -0.3 is 14.7 Å². The van der Waals surface area contributed by atoms with Crippen LogP contribution in [-0.2, 0) is 4.79 Å². The topological polar surface area (TPSA) is 78.4 Å². The number of hydrogen-bond donors (Lipinski definition) is 2. The second-order valence-electron chi connectivity index (χ2n) is 7.50. The Labute approximate surface area is 190 Å². The standard InChI is InChI=1S/C23H23ClN4O2S/c1-15-6-2-3-8-17(15)22-18(24)11-12-19(25-22)27-31-21-10-4-9-20(26-21)28-13-5-7-16(14-28)23(29)30/h2-4,6,8-12,16H,5,7,13-14H2,1H3,(H,25,27)(H,29,30). The molecule has 2 N–H and O–H groups in total. The highest BCUT2D eigenvalue weighted by atomic mass is 35.5. The minimum atomic E-state index is -0.741. The second-order valence-corrected chi connectivity index (χ2v) is 8.74. The van der Waals surface area contributed by atoms with Crippen LogP contribution in [0, 0.1) is 12.8 Å². The molecule has 1 aliphatic rings. The molecule has 1 aliphatic heterocycles. The zero-order valence-corrected chi connectivity index (χ0v) is 18.7. The molecule has 31 heavy (non-hydrogen) atoms. The molecule has 1 saturated heterocycles. The molecule has 2 aromatic heterocycles. The molecule has 1 aromatic carbocycles. The summed E-state index contributed by atoms with van der Waals surface area (Å²) >= 11 is 7.77. The van der Waals surface area contributed by atoms with E-state index in [4.69, 9.17) is 21.6 Å². The molecule has 1 fully saturated rings. The first kappa shape index (κ1) is 21.5. The largest absolute Gasteiger partial charge is 0.481 e. The van der Waals surface area contributed by atoms with Gasteiger partial charge in [-0.15, -0.1) is 0 Å². The average molecular weight is 455 g/mol. The van der Waals surface area contributed by atoms with Gasteiger partial charge in [-0.2, -0.15) is 0 Å². The van der Waals surface area contributed by atoms with Crippen LogP contribution >= 0.6 is 23.5 Å². The number of rotatable bonds is 6. The number of benzene rings is 1. The number of hydrogen-bond acceptors (Lipinski definition) is 6. The van der Waals surface area contributed by atoms with Gasteiger partial charge >= 0.3 is 5.97 Å². The molecule has 160 valence electrons. The van der Waals surface area contributed by atoms with Crippen molar-refractivity contribution in [3.8, 4) is 11.3 Å². The van der Waals surface area contributed by atoms with Gasteiger partial charge in [0, 0.05) is 30.6 Å². The molecule has 0 radical (unpaired) electrons. The maximum Gasteiger partial charge on any atom is 0.308 e. The third-order valence-corrected chi connectivity index (χ3v) is 6.36. The van der Waals surface area contributed by atoms with Crippen LogP contribution in [0.25, 0.3) is 11.3 Å². The first-order chi connectivity index (χ1) is 15.0. The molecule has 0 spiro atoms. The lowest BCUT2D eigenvalue weighted by atomic mass is 9.98. The Balaban J connectivity index is 1.48. The first-order valence-corrected chi connectivity index (χ1v) is 11.3. The molecule has 1 atom stereocenters. The van der Waals surface area contributed by atoms with Crippen molar-refractivity contribution in [2.75, 3.05) is 22.7 Å². The van der Waals surface area contributed by atoms with Crippen LogP contribution in [0.15, 0.2) is 59.6 Å². The summed E-state index contributed by atoms with van der Waals surface area (Å²) in [4.78, 5) is 22.8. The average Bonchev–Trinajstić information content (AvgIpc) is 2.79. The Hall–Kier alpha value is -2.77. The summed E-state index contributed by atoms with van der Waals surface area (Å²) < 4.78 is 3.25. The maximum atomic E-state index is 11.4. The van der Waals surface area contributed by atoms with E-state index >= 15 is 0 Å². The normalized spacial score (nSPS) is 16.2. The van der Waals surface area contributed by atoms with Crippen LogP contribution in [0.5, 0.6) is 0 Å². The van der Waals surface area contributed by atoms with Crippen molar-refractivity contribution in [3.05, 3.63) is 65.2 Å². The van der Waals surface area contributed by atoms with E-state index in [1.165, 1.54) is 11.9 Å². The van der Waals surface area contributed by atoms with Crippen molar-refractivity contribution in [1.82, 2.24) is 9.97 Å². The van der Waals surface area contributed by atoms with Gasteiger partial charge in [-0.3, -0.25) is 4.79 Å². The van der Waals surface area contributed by atoms with Gasteiger partial charge in [0.2, 0.25) is 0 Å². The number of aliphatic carboxylic acids is 1. The van der Waals surface area contributed by atoms with Gasteiger partial charge in [0.1, 0.15) is 16.7 Å². The fraction of sp³-hybridized carbons (Fsp3) is 0.261. The van der Waals surface area contributed by atoms with Crippen LogP contribution in [0.3, 0.4) is 0 Å². The molecule has 6 nitrogen and oxygen atoms in total. The monoisotopic (exact) mass is 454 g/mol. The Bertz CT molecular complexity index is 1090. The molecule has 8 heteroatoms. The van der Waals surface area contributed by atoms with Crippen LogP contribution in [0.1, 0.15) is 18.4 Å². The van der Waals surface area contributed by atoms with E-state index in [1.54, 1.807) is 0 Å². The van der Waals surface area contributed by atoms with Gasteiger partial charge in [0.25, 0.3) is 0 Å². The molecule has 0 amide bonds. The third kappa shape index (κ3) is 5.11. The number of pyridine rings is 2. The van der Waals surface area contributed by atoms with Crippen molar-refractivity contribution in [2.24, 2.45) is 5.92 Å². The number of carboxylic acids is 1. The first-order valence-electron chi connectivity index (χ1n) is 10.1. The summed E-state index contributed by atoms with van der Waals surface area (Å²) in [6.45, 7) is 3.34. The fourth-order valence-corrected chi connectivity index (χ4v) is 4.47. The number of anilines is 2. The van der Waals surface area contributed by atoms with Crippen LogP contribution in [0.2, 0.25) is 5.02 Å². The molecule has 4 rings (SSSR count). The summed E-state index contributed by atoms with van der Waals surface area (Å²) in [6, 6.07) is 17.5. The van der Waals surface area contributed by atoms with Crippen molar-refractivity contribution in [3.63, 3.8) is 0 Å². The van der Waals surface area contributed by atoms with E-state index in [2.05, 4.69) is 4.72 Å². The van der Waals surface area contributed by atoms with Gasteiger partial charge in [0.15, 0.2) is 0 Å². The molecule has 1 unspecified atom stereocenters. The zero-order valence-electron chi connectivity index (χ0n) is 17.1. The number of halogens is 1. The van der Waals surface area contributed by atoms with E-state index in [1.807, 2.05) is 66.4 Å². The molecule has 0 bridgehead atoms. The van der Waals surface area contributed by atoms with Crippen molar-refractivity contribution < 1.29 is 9.90 Å². The van der Waals surface area contributed by atoms with Crippen molar-refractivity contribution in [2.45, 2.75) is 24.8 Å². The lowest BCUT2D eigenvalue weighted by Crippen LogP contribution is -2.39. The number of aromatic nitrogens is 2. The van der Waals surface area contributed by atoms with Crippen LogP contribution < -0.4 is 9.62 Å². The predicted octanol–water partition coefficient (Wildman–Crippen LogP) is 5.53. The fourth-order valence-electron chi connectivity index (χ4n) is 3.65. The highest BCUT2D eigenvalue weighted by Gasteiger charge is 2.26. The van der Waals surface area contributed by atoms with E-state index in [-0.39, 0.29) is 5.92 Å². The molecule has 3 heterocycles. The highest BCUT2D eigenvalue weighted by molar-refractivity contribution is 8.00. The lowest BCUT2D eigenvalue weighted by Gasteiger charge is -2.31. The number of nitrogens with zero attached hydrogens (tertiary/aromatic N) is 3. The number of aryl methyl sites for hydroxylation is 1. The van der Waals surface area contributed by atoms with Gasteiger partial charge in [-0.25, -0.2) is 9.97 Å². The Morgan fingerprint density at radius 3 is 2.81 bits per heavy atom. The second kappa shape index (κ2) is 9.58. The number of nitrogens with one attached hydrogen (secondary N) is 1. The summed E-state index contributed by atoms with van der Waals surface area (Å²) in [6.07, 6.45) is 1.57. The summed E-state index contributed by atoms with van der Waals surface area (Å²) in [5.41, 5.74) is 2.84. The summed E-state index contributed by atoms with van der Waals surface area (Å²) in [5, 5.41) is 10.7. The SMILES string of the molecule is Cc1ccccc1-c1nc(NSc2cccc(N3CCCC(C(=O)O)C3)n2)ccc1Cl. The lowest BCUT2D eigenvalue weighted by molar-refractivity contribution is -0.141. The Morgan fingerprint density at radius 2 is 2.00 bits per heavy atom. The van der Waals surface area contributed by atoms with Crippen molar-refractivity contribution >= 4 is 41.2 Å². The van der Waals surface area contributed by atoms with E-state index in [0.29, 0.717) is 23.8 Å². The maximum absolute atomic E-state index is 11.4. The van der Waals surface area contributed by atoms with Gasteiger partial charge in [-0.1, -0.05) is 41.9 Å². The van der Waals surface area contributed by atoms with Crippen LogP contribution in [-0.4, -0.2) is 34.1 Å².